The van der Waals surface area contributed by atoms with Gasteiger partial charge in [0.2, 0.25) is 11.8 Å². The molecule has 0 unspecified atom stereocenters. The van der Waals surface area contributed by atoms with Gasteiger partial charge in [-0.1, -0.05) is 65.3 Å². The summed E-state index contributed by atoms with van der Waals surface area (Å²) in [5.74, 6) is 0.770. The highest BCUT2D eigenvalue weighted by Crippen LogP contribution is 2.40. The third kappa shape index (κ3) is 6.01. The monoisotopic (exact) mass is 608 g/mol. The van der Waals surface area contributed by atoms with E-state index in [0.29, 0.717) is 17.1 Å². The van der Waals surface area contributed by atoms with E-state index in [2.05, 4.69) is 52.6 Å². The second-order valence-electron chi connectivity index (χ2n) is 13.6. The number of rotatable bonds is 4. The number of benzene rings is 3. The van der Waals surface area contributed by atoms with Crippen LogP contribution in [0.5, 0.6) is 11.6 Å². The quantitative estimate of drug-likeness (QED) is 0.200. The number of nitrogens with zero attached hydrogens (tertiary/aromatic N) is 4. The van der Waals surface area contributed by atoms with E-state index in [4.69, 9.17) is 14.7 Å². The normalized spacial score (nSPS) is 12.7. The third-order valence-electron chi connectivity index (χ3n) is 8.02. The van der Waals surface area contributed by atoms with Crippen LogP contribution >= 0.6 is 0 Å². The fraction of sp³-hybridized carbons (Fsp3) is 0.270. The molecule has 0 saturated carbocycles. The minimum absolute atomic E-state index is 0.0516. The maximum absolute atomic E-state index is 14.2. The molecular formula is C37H35F3N4O. The molecular weight excluding hydrogens is 573 g/mol. The summed E-state index contributed by atoms with van der Waals surface area (Å²) < 4.78 is 50.4. The molecule has 0 atom stereocenters. The fourth-order valence-corrected chi connectivity index (χ4v) is 5.39. The van der Waals surface area contributed by atoms with Gasteiger partial charge < -0.3 is 4.74 Å². The van der Waals surface area contributed by atoms with E-state index in [1.807, 2.05) is 60.3 Å². The Hall–Kier alpha value is -4.72. The first-order chi connectivity index (χ1) is 21.1. The Morgan fingerprint density at radius 1 is 0.622 bits per heavy atom. The second kappa shape index (κ2) is 10.7. The lowest BCUT2D eigenvalue weighted by Gasteiger charge is -2.19. The fourth-order valence-electron chi connectivity index (χ4n) is 5.39. The van der Waals surface area contributed by atoms with Crippen LogP contribution in [0, 0.1) is 6.92 Å². The predicted molar refractivity (Wildman–Crippen MR) is 173 cm³/mol. The number of hydrogen-bond acceptors (Lipinski definition) is 4. The van der Waals surface area contributed by atoms with Gasteiger partial charge in [0.15, 0.2) is 0 Å². The molecule has 230 valence electrons. The number of ether oxygens (including phenoxy) is 1. The molecule has 0 aliphatic heterocycles. The molecule has 5 nitrogen and oxygen atoms in total. The van der Waals surface area contributed by atoms with E-state index < -0.39 is 11.7 Å². The van der Waals surface area contributed by atoms with Crippen molar-refractivity contribution in [2.45, 2.75) is 65.5 Å². The van der Waals surface area contributed by atoms with Crippen LogP contribution in [-0.2, 0) is 17.0 Å². The Balaban J connectivity index is 1.52. The Labute approximate surface area is 260 Å². The van der Waals surface area contributed by atoms with Crippen LogP contribution in [0.25, 0.3) is 38.9 Å². The largest absolute Gasteiger partial charge is 0.439 e. The van der Waals surface area contributed by atoms with E-state index in [-0.39, 0.29) is 22.5 Å². The molecule has 45 heavy (non-hydrogen) atoms. The van der Waals surface area contributed by atoms with Crippen LogP contribution in [0.2, 0.25) is 0 Å². The average molecular weight is 609 g/mol. The van der Waals surface area contributed by atoms with Crippen LogP contribution in [-0.4, -0.2) is 19.5 Å². The standard InChI is InChI=1S/C37H35F3N4O/c1-22-8-11-31-30(14-22)29-10-9-23(17-32(29)44(31)34-42-20-27(21-43-34)36(5,6)7)24-15-26(37(38,39)40)18-28(16-24)45-33-19-25(12-13-41-33)35(2,3)4/h8-21H,1-7H3. The lowest BCUT2D eigenvalue weighted by atomic mass is 9.88. The Morgan fingerprint density at radius 2 is 1.33 bits per heavy atom. The first-order valence-corrected chi connectivity index (χ1v) is 14.8. The first kappa shape index (κ1) is 30.3. The van der Waals surface area contributed by atoms with Crippen molar-refractivity contribution in [3.63, 3.8) is 0 Å². The second-order valence-corrected chi connectivity index (χ2v) is 13.6. The van der Waals surface area contributed by atoms with Gasteiger partial charge in [-0.2, -0.15) is 13.2 Å². The summed E-state index contributed by atoms with van der Waals surface area (Å²) >= 11 is 0. The molecule has 3 aromatic heterocycles. The van der Waals surface area contributed by atoms with Crippen LogP contribution in [0.3, 0.4) is 0 Å². The lowest BCUT2D eigenvalue weighted by molar-refractivity contribution is -0.137. The van der Waals surface area contributed by atoms with Crippen molar-refractivity contribution >= 4 is 21.8 Å². The zero-order valence-electron chi connectivity index (χ0n) is 26.4. The molecule has 8 heteroatoms. The summed E-state index contributed by atoms with van der Waals surface area (Å²) in [6.45, 7) is 14.5. The molecule has 0 N–H and O–H groups in total. The van der Waals surface area contributed by atoms with Crippen molar-refractivity contribution < 1.29 is 17.9 Å². The zero-order chi connectivity index (χ0) is 32.3. The summed E-state index contributed by atoms with van der Waals surface area (Å²) in [6.07, 6.45) is 0.692. The summed E-state index contributed by atoms with van der Waals surface area (Å²) in [4.78, 5) is 13.7. The average Bonchev–Trinajstić information content (AvgIpc) is 3.28. The van der Waals surface area contributed by atoms with Crippen LogP contribution in [0.4, 0.5) is 13.2 Å². The van der Waals surface area contributed by atoms with Gasteiger partial charge >= 0.3 is 6.18 Å². The molecule has 0 spiro atoms. The highest BCUT2D eigenvalue weighted by molar-refractivity contribution is 6.10. The number of alkyl halides is 3. The van der Waals surface area contributed by atoms with Crippen LogP contribution in [0.15, 0.2) is 85.3 Å². The Bertz CT molecular complexity index is 2050. The van der Waals surface area contributed by atoms with Gasteiger partial charge in [-0.05, 0) is 82.5 Å². The maximum Gasteiger partial charge on any atom is 0.416 e. The van der Waals surface area contributed by atoms with E-state index >= 15 is 0 Å². The van der Waals surface area contributed by atoms with Gasteiger partial charge in [0.1, 0.15) is 5.75 Å². The summed E-state index contributed by atoms with van der Waals surface area (Å²) in [5.41, 5.74) is 4.63. The third-order valence-corrected chi connectivity index (χ3v) is 8.02. The molecule has 0 amide bonds. The van der Waals surface area contributed by atoms with Gasteiger partial charge in [-0.15, -0.1) is 0 Å². The maximum atomic E-state index is 14.2. The highest BCUT2D eigenvalue weighted by atomic mass is 19.4. The number of aryl methyl sites for hydroxylation is 1. The van der Waals surface area contributed by atoms with Gasteiger partial charge in [0.25, 0.3) is 0 Å². The lowest BCUT2D eigenvalue weighted by Crippen LogP contribution is -2.13. The van der Waals surface area contributed by atoms with E-state index in [1.165, 1.54) is 0 Å². The molecule has 0 radical (unpaired) electrons. The van der Waals surface area contributed by atoms with Crippen molar-refractivity contribution in [2.75, 3.05) is 0 Å². The number of halogens is 3. The number of hydrogen-bond donors (Lipinski definition) is 0. The summed E-state index contributed by atoms with van der Waals surface area (Å²) in [7, 11) is 0. The van der Waals surface area contributed by atoms with Gasteiger partial charge in [0, 0.05) is 35.4 Å². The number of aromatic nitrogens is 4. The molecule has 0 fully saturated rings. The molecule has 0 saturated heterocycles. The van der Waals surface area contributed by atoms with E-state index in [0.717, 1.165) is 50.6 Å². The molecule has 0 bridgehead atoms. The van der Waals surface area contributed by atoms with Gasteiger partial charge in [0.05, 0.1) is 16.6 Å². The van der Waals surface area contributed by atoms with E-state index in [9.17, 15) is 13.2 Å². The Morgan fingerprint density at radius 3 is 2.00 bits per heavy atom. The first-order valence-electron chi connectivity index (χ1n) is 14.8. The number of fused-ring (bicyclic) bond motifs is 3. The van der Waals surface area contributed by atoms with Crippen molar-refractivity contribution in [2.24, 2.45) is 0 Å². The SMILES string of the molecule is Cc1ccc2c(c1)c1ccc(-c3cc(Oc4cc(C(C)(C)C)ccn4)cc(C(F)(F)F)c3)cc1n2-c1ncc(C(C)(C)C)cn1. The topological polar surface area (TPSA) is 52.8 Å². The minimum Gasteiger partial charge on any atom is -0.439 e. The Kier molecular flexibility index (Phi) is 7.22. The van der Waals surface area contributed by atoms with Gasteiger partial charge in [-0.25, -0.2) is 15.0 Å². The molecule has 3 heterocycles. The number of pyridine rings is 1. The molecule has 3 aromatic carbocycles. The van der Waals surface area contributed by atoms with Crippen molar-refractivity contribution in [1.82, 2.24) is 19.5 Å². The summed E-state index contributed by atoms with van der Waals surface area (Å²) in [6, 6.07) is 19.3. The van der Waals surface area contributed by atoms with Crippen molar-refractivity contribution in [1.29, 1.82) is 0 Å². The molecule has 0 aliphatic carbocycles. The van der Waals surface area contributed by atoms with Crippen LogP contribution < -0.4 is 4.74 Å². The van der Waals surface area contributed by atoms with Crippen molar-refractivity contribution in [3.05, 3.63) is 108 Å². The molecule has 6 aromatic rings. The molecule has 6 rings (SSSR count). The summed E-state index contributed by atoms with van der Waals surface area (Å²) in [5, 5.41) is 1.96. The zero-order valence-corrected chi connectivity index (χ0v) is 26.4. The smallest absolute Gasteiger partial charge is 0.416 e. The highest BCUT2D eigenvalue weighted by Gasteiger charge is 2.32. The van der Waals surface area contributed by atoms with Gasteiger partial charge in [-0.3, -0.25) is 4.57 Å². The van der Waals surface area contributed by atoms with Crippen LogP contribution in [0.1, 0.15) is 63.8 Å². The molecule has 0 aliphatic rings. The minimum atomic E-state index is -4.58. The predicted octanol–water partition coefficient (Wildman–Crippen LogP) is 10.4. The van der Waals surface area contributed by atoms with E-state index in [1.54, 1.807) is 18.3 Å². The van der Waals surface area contributed by atoms with Crippen molar-refractivity contribution in [3.8, 4) is 28.7 Å².